The molecule has 3 rings (SSSR count). The number of hydrogen-bond acceptors (Lipinski definition) is 7. The Morgan fingerprint density at radius 3 is 2.43 bits per heavy atom. The van der Waals surface area contributed by atoms with Crippen LogP contribution in [0.3, 0.4) is 0 Å². The SMILES string of the molecule is CCOC(=O)c1ccccc1Nc1ncnc(Nc2ccc(Cl)cc2Cl)c1N. The van der Waals surface area contributed by atoms with Gasteiger partial charge >= 0.3 is 5.97 Å². The van der Waals surface area contributed by atoms with E-state index in [1.54, 1.807) is 49.4 Å². The first kappa shape index (κ1) is 19.7. The highest BCUT2D eigenvalue weighted by Crippen LogP contribution is 2.32. The molecule has 0 atom stereocenters. The van der Waals surface area contributed by atoms with E-state index >= 15 is 0 Å². The van der Waals surface area contributed by atoms with Crippen LogP contribution in [-0.2, 0) is 4.74 Å². The number of benzene rings is 2. The van der Waals surface area contributed by atoms with E-state index in [0.717, 1.165) is 0 Å². The van der Waals surface area contributed by atoms with Gasteiger partial charge in [0.1, 0.15) is 12.0 Å². The Bertz CT molecular complexity index is 1010. The molecule has 0 aliphatic heterocycles. The minimum atomic E-state index is -0.440. The molecule has 0 aliphatic rings. The smallest absolute Gasteiger partial charge is 0.340 e. The minimum absolute atomic E-state index is 0.257. The Kier molecular flexibility index (Phi) is 6.18. The third-order valence-corrected chi connectivity index (χ3v) is 4.29. The molecule has 0 saturated carbocycles. The molecule has 4 N–H and O–H groups in total. The van der Waals surface area contributed by atoms with Crippen LogP contribution in [0.4, 0.5) is 28.7 Å². The van der Waals surface area contributed by atoms with E-state index in [-0.39, 0.29) is 12.3 Å². The van der Waals surface area contributed by atoms with Crippen molar-refractivity contribution < 1.29 is 9.53 Å². The molecular formula is C19H17Cl2N5O2. The van der Waals surface area contributed by atoms with Crippen molar-refractivity contribution in [3.63, 3.8) is 0 Å². The van der Waals surface area contributed by atoms with Crippen LogP contribution in [0.25, 0.3) is 0 Å². The van der Waals surface area contributed by atoms with Crippen molar-refractivity contribution >= 4 is 57.9 Å². The lowest BCUT2D eigenvalue weighted by atomic mass is 10.2. The molecule has 0 aliphatic carbocycles. The van der Waals surface area contributed by atoms with Gasteiger partial charge in [-0.2, -0.15) is 0 Å². The van der Waals surface area contributed by atoms with Gasteiger partial charge in [0.05, 0.1) is 28.6 Å². The third kappa shape index (κ3) is 4.44. The van der Waals surface area contributed by atoms with Gasteiger partial charge in [-0.05, 0) is 37.3 Å². The number of carbonyl (C=O) groups is 1. The topological polar surface area (TPSA) is 102 Å². The number of aromatic nitrogens is 2. The second-order valence-corrected chi connectivity index (χ2v) is 6.47. The molecule has 3 aromatic rings. The summed E-state index contributed by atoms with van der Waals surface area (Å²) in [6, 6.07) is 11.9. The van der Waals surface area contributed by atoms with Gasteiger partial charge in [0, 0.05) is 5.02 Å². The number of esters is 1. The molecule has 28 heavy (non-hydrogen) atoms. The van der Waals surface area contributed by atoms with Crippen LogP contribution in [0.2, 0.25) is 10.0 Å². The molecule has 0 saturated heterocycles. The Hall–Kier alpha value is -3.03. The van der Waals surface area contributed by atoms with Gasteiger partial charge in [-0.1, -0.05) is 35.3 Å². The van der Waals surface area contributed by atoms with Crippen molar-refractivity contribution in [1.29, 1.82) is 0 Å². The molecule has 2 aromatic carbocycles. The Balaban J connectivity index is 1.89. The Labute approximate surface area is 171 Å². The van der Waals surface area contributed by atoms with Crippen molar-refractivity contribution in [2.75, 3.05) is 23.0 Å². The summed E-state index contributed by atoms with van der Waals surface area (Å²) in [5.41, 5.74) is 7.95. The number of ether oxygens (including phenoxy) is 1. The summed E-state index contributed by atoms with van der Waals surface area (Å²) in [6.45, 7) is 2.02. The number of nitrogens with one attached hydrogen (secondary N) is 2. The van der Waals surface area contributed by atoms with E-state index in [1.165, 1.54) is 6.33 Å². The first-order valence-corrected chi connectivity index (χ1v) is 9.11. The molecule has 0 fully saturated rings. The number of carbonyl (C=O) groups excluding carboxylic acids is 1. The van der Waals surface area contributed by atoms with Crippen LogP contribution in [0, 0.1) is 0 Å². The summed E-state index contributed by atoms with van der Waals surface area (Å²) < 4.78 is 5.08. The van der Waals surface area contributed by atoms with Crippen LogP contribution in [0.15, 0.2) is 48.8 Å². The van der Waals surface area contributed by atoms with Crippen molar-refractivity contribution in [1.82, 2.24) is 9.97 Å². The first-order chi connectivity index (χ1) is 13.5. The molecule has 0 spiro atoms. The minimum Gasteiger partial charge on any atom is -0.462 e. The number of anilines is 5. The van der Waals surface area contributed by atoms with E-state index in [2.05, 4.69) is 20.6 Å². The quantitative estimate of drug-likeness (QED) is 0.483. The molecule has 7 nitrogen and oxygen atoms in total. The molecule has 1 aromatic heterocycles. The number of nitrogens with two attached hydrogens (primary N) is 1. The second-order valence-electron chi connectivity index (χ2n) is 5.62. The lowest BCUT2D eigenvalue weighted by Gasteiger charge is -2.15. The molecule has 0 amide bonds. The molecule has 0 unspecified atom stereocenters. The van der Waals surface area contributed by atoms with Gasteiger partial charge in [-0.25, -0.2) is 14.8 Å². The van der Waals surface area contributed by atoms with E-state index in [9.17, 15) is 4.79 Å². The highest BCUT2D eigenvalue weighted by molar-refractivity contribution is 6.36. The largest absolute Gasteiger partial charge is 0.462 e. The first-order valence-electron chi connectivity index (χ1n) is 8.35. The summed E-state index contributed by atoms with van der Waals surface area (Å²) in [7, 11) is 0. The molecule has 144 valence electrons. The molecule has 0 radical (unpaired) electrons. The monoisotopic (exact) mass is 417 g/mol. The molecular weight excluding hydrogens is 401 g/mol. The molecule has 1 heterocycles. The average molecular weight is 418 g/mol. The average Bonchev–Trinajstić information content (AvgIpc) is 2.67. The van der Waals surface area contributed by atoms with E-state index < -0.39 is 5.97 Å². The summed E-state index contributed by atoms with van der Waals surface area (Å²) in [5.74, 6) is 0.249. The van der Waals surface area contributed by atoms with Crippen molar-refractivity contribution in [3.05, 3.63) is 64.4 Å². The fourth-order valence-electron chi connectivity index (χ4n) is 2.42. The zero-order chi connectivity index (χ0) is 20.1. The Morgan fingerprint density at radius 1 is 1.07 bits per heavy atom. The maximum absolute atomic E-state index is 12.1. The highest BCUT2D eigenvalue weighted by atomic mass is 35.5. The van der Waals surface area contributed by atoms with Crippen LogP contribution >= 0.6 is 23.2 Å². The van der Waals surface area contributed by atoms with Crippen molar-refractivity contribution in [2.45, 2.75) is 6.92 Å². The number of para-hydroxylation sites is 1. The second kappa shape index (κ2) is 8.77. The van der Waals surface area contributed by atoms with Gasteiger partial charge in [0.15, 0.2) is 11.6 Å². The summed E-state index contributed by atoms with van der Waals surface area (Å²) >= 11 is 12.1. The number of halogens is 2. The van der Waals surface area contributed by atoms with Crippen LogP contribution in [-0.4, -0.2) is 22.5 Å². The maximum Gasteiger partial charge on any atom is 0.340 e. The van der Waals surface area contributed by atoms with E-state index in [4.69, 9.17) is 33.7 Å². The van der Waals surface area contributed by atoms with Crippen molar-refractivity contribution in [2.24, 2.45) is 0 Å². The zero-order valence-electron chi connectivity index (χ0n) is 14.9. The van der Waals surface area contributed by atoms with E-state index in [0.29, 0.717) is 38.6 Å². The molecule has 0 bridgehead atoms. The van der Waals surface area contributed by atoms with Gasteiger partial charge < -0.3 is 21.1 Å². The van der Waals surface area contributed by atoms with Crippen LogP contribution < -0.4 is 16.4 Å². The fraction of sp³-hybridized carbons (Fsp3) is 0.105. The number of nitrogens with zero attached hydrogens (tertiary/aromatic N) is 2. The van der Waals surface area contributed by atoms with Gasteiger partial charge in [0.2, 0.25) is 0 Å². The molecule has 9 heteroatoms. The fourth-order valence-corrected chi connectivity index (χ4v) is 2.88. The van der Waals surface area contributed by atoms with Gasteiger partial charge in [0.25, 0.3) is 0 Å². The summed E-state index contributed by atoms with van der Waals surface area (Å²) in [6.07, 6.45) is 1.35. The van der Waals surface area contributed by atoms with Crippen LogP contribution in [0.5, 0.6) is 0 Å². The predicted octanol–water partition coefficient (Wildman–Crippen LogP) is 5.03. The maximum atomic E-state index is 12.1. The lowest BCUT2D eigenvalue weighted by Crippen LogP contribution is -2.10. The standard InChI is InChI=1S/C19H17Cl2N5O2/c1-2-28-19(27)12-5-3-4-6-14(12)25-17-16(22)18(24-10-23-17)26-15-8-7-11(20)9-13(15)21/h3-10H,2,22H2,1H3,(H2,23,24,25,26). The highest BCUT2D eigenvalue weighted by Gasteiger charge is 2.15. The lowest BCUT2D eigenvalue weighted by molar-refractivity contribution is 0.0527. The number of rotatable bonds is 6. The van der Waals surface area contributed by atoms with Gasteiger partial charge in [-0.15, -0.1) is 0 Å². The normalized spacial score (nSPS) is 10.4. The number of hydrogen-bond donors (Lipinski definition) is 3. The predicted molar refractivity (Wildman–Crippen MR) is 112 cm³/mol. The Morgan fingerprint density at radius 2 is 1.75 bits per heavy atom. The third-order valence-electron chi connectivity index (χ3n) is 3.74. The van der Waals surface area contributed by atoms with Crippen molar-refractivity contribution in [3.8, 4) is 0 Å². The zero-order valence-corrected chi connectivity index (χ0v) is 16.4. The summed E-state index contributed by atoms with van der Waals surface area (Å²) in [5, 5.41) is 7.05. The van der Waals surface area contributed by atoms with Crippen LogP contribution in [0.1, 0.15) is 17.3 Å². The van der Waals surface area contributed by atoms with E-state index in [1.807, 2.05) is 0 Å². The number of nitrogen functional groups attached to an aromatic ring is 1. The summed E-state index contributed by atoms with van der Waals surface area (Å²) in [4.78, 5) is 20.5. The van der Waals surface area contributed by atoms with Gasteiger partial charge in [-0.3, -0.25) is 0 Å².